The van der Waals surface area contributed by atoms with Crippen molar-refractivity contribution in [2.75, 3.05) is 0 Å². The Labute approximate surface area is 104 Å². The average Bonchev–Trinajstić information content (AvgIpc) is 2.89. The van der Waals surface area contributed by atoms with E-state index in [0.717, 1.165) is 17.2 Å². The summed E-state index contributed by atoms with van der Waals surface area (Å²) in [6.45, 7) is 10.5. The van der Waals surface area contributed by atoms with Crippen LogP contribution in [0, 0.1) is 20.4 Å². The fraction of sp³-hybridized carbons (Fsp3) is 0.364. The van der Waals surface area contributed by atoms with Gasteiger partial charge >= 0.3 is 0 Å². The van der Waals surface area contributed by atoms with Crippen LogP contribution in [-0.2, 0) is 12.4 Å². The van der Waals surface area contributed by atoms with Crippen LogP contribution in [0.1, 0.15) is 22.9 Å². The largest absolute Gasteiger partial charge is 0.361 e. The predicted molar refractivity (Wildman–Crippen MR) is 62.3 cm³/mol. The fourth-order valence-corrected chi connectivity index (χ4v) is 1.18. The first-order chi connectivity index (χ1) is 8.15. The van der Waals surface area contributed by atoms with Crippen molar-refractivity contribution in [3.63, 3.8) is 0 Å². The molecule has 0 aliphatic carbocycles. The third kappa shape index (κ3) is 4.70. The van der Waals surface area contributed by atoms with Crippen molar-refractivity contribution in [2.24, 2.45) is 0 Å². The Bertz CT molecular complexity index is 499. The van der Waals surface area contributed by atoms with Gasteiger partial charge in [-0.15, -0.1) is 11.6 Å². The molecule has 0 fully saturated rings. The Kier molecular flexibility index (Phi) is 5.24. The molecule has 17 heavy (non-hydrogen) atoms. The van der Waals surface area contributed by atoms with Gasteiger partial charge in [-0.1, -0.05) is 10.3 Å². The number of rotatable bonds is 2. The van der Waals surface area contributed by atoms with Gasteiger partial charge in [-0.25, -0.2) is 6.57 Å². The molecule has 0 bridgehead atoms. The summed E-state index contributed by atoms with van der Waals surface area (Å²) < 4.78 is 9.44. The van der Waals surface area contributed by atoms with E-state index in [-0.39, 0.29) is 0 Å². The highest BCUT2D eigenvalue weighted by atomic mass is 35.5. The van der Waals surface area contributed by atoms with E-state index in [2.05, 4.69) is 15.2 Å². The van der Waals surface area contributed by atoms with Crippen LogP contribution in [0.3, 0.4) is 0 Å². The van der Waals surface area contributed by atoms with Crippen molar-refractivity contribution in [2.45, 2.75) is 26.3 Å². The molecule has 6 heteroatoms. The molecule has 0 atom stereocenters. The molecule has 0 radical (unpaired) electrons. The van der Waals surface area contributed by atoms with Crippen LogP contribution in [0.2, 0.25) is 0 Å². The first kappa shape index (κ1) is 13.3. The van der Waals surface area contributed by atoms with E-state index in [1.54, 1.807) is 13.0 Å². The van der Waals surface area contributed by atoms with Crippen LogP contribution in [0.4, 0.5) is 0 Å². The van der Waals surface area contributed by atoms with Gasteiger partial charge in [0.2, 0.25) is 0 Å². The summed E-state index contributed by atoms with van der Waals surface area (Å²) in [5.41, 5.74) is 1.51. The van der Waals surface area contributed by atoms with Crippen molar-refractivity contribution in [3.05, 3.63) is 46.5 Å². The highest BCUT2D eigenvalue weighted by Crippen LogP contribution is 2.03. The summed E-state index contributed by atoms with van der Waals surface area (Å²) in [4.78, 5) is 3.15. The normalized spacial score (nSPS) is 9.29. The number of nitrogens with zero attached hydrogens (tertiary/aromatic N) is 3. The summed E-state index contributed by atoms with van der Waals surface area (Å²) in [7, 11) is 0. The lowest BCUT2D eigenvalue weighted by Gasteiger charge is -1.72. The minimum Gasteiger partial charge on any atom is -0.361 e. The maximum atomic E-state index is 6.49. The minimum absolute atomic E-state index is 0.317. The molecule has 5 nitrogen and oxygen atoms in total. The van der Waals surface area contributed by atoms with E-state index in [1.165, 1.54) is 0 Å². The van der Waals surface area contributed by atoms with Crippen LogP contribution in [0.5, 0.6) is 0 Å². The fourth-order valence-electron chi connectivity index (χ4n) is 1.05. The second kappa shape index (κ2) is 6.71. The summed E-state index contributed by atoms with van der Waals surface area (Å²) in [5.74, 6) is 1.99. The summed E-state index contributed by atoms with van der Waals surface area (Å²) in [6, 6.07) is 3.57. The van der Waals surface area contributed by atoms with Gasteiger partial charge in [-0.3, -0.25) is 0 Å². The molecule has 0 saturated carbocycles. The molecule has 0 amide bonds. The molecule has 0 saturated heterocycles. The first-order valence-electron chi connectivity index (χ1n) is 4.89. The van der Waals surface area contributed by atoms with Gasteiger partial charge in [-0.05, 0) is 13.8 Å². The molecule has 2 aromatic rings. The standard InChI is InChI=1S/C6H6N2O.C5H6ClNO/c1-5-3-6(4-7-2)8-9-5;1-4-2-5(3-6)7-8-4/h3H,4H2,1H3;2H,3H2,1H3. The van der Waals surface area contributed by atoms with Crippen LogP contribution < -0.4 is 0 Å². The molecule has 2 aromatic heterocycles. The quantitative estimate of drug-likeness (QED) is 0.609. The van der Waals surface area contributed by atoms with Gasteiger partial charge in [0.1, 0.15) is 11.5 Å². The van der Waals surface area contributed by atoms with E-state index >= 15 is 0 Å². The van der Waals surface area contributed by atoms with E-state index < -0.39 is 0 Å². The minimum atomic E-state index is 0.317. The Morgan fingerprint density at radius 3 is 2.00 bits per heavy atom. The SMILES string of the molecule is Cc1cc(CCl)no1.[C-]#[N+]Cc1cc(C)on1. The Morgan fingerprint density at radius 2 is 1.71 bits per heavy atom. The highest BCUT2D eigenvalue weighted by Gasteiger charge is 1.99. The number of aryl methyl sites for hydroxylation is 2. The van der Waals surface area contributed by atoms with Crippen LogP contribution in [-0.4, -0.2) is 10.3 Å². The molecular formula is C11H12ClN3O2. The van der Waals surface area contributed by atoms with Gasteiger partial charge in [0.05, 0.1) is 11.6 Å². The monoisotopic (exact) mass is 253 g/mol. The number of hydrogen-bond acceptors (Lipinski definition) is 4. The van der Waals surface area contributed by atoms with E-state index in [0.29, 0.717) is 18.1 Å². The average molecular weight is 254 g/mol. The summed E-state index contributed by atoms with van der Waals surface area (Å²) >= 11 is 5.42. The molecule has 0 aromatic carbocycles. The highest BCUT2D eigenvalue weighted by molar-refractivity contribution is 6.16. The Balaban J connectivity index is 0.000000171. The molecule has 2 heterocycles. The van der Waals surface area contributed by atoms with Gasteiger partial charge < -0.3 is 13.9 Å². The van der Waals surface area contributed by atoms with Gasteiger partial charge in [0.15, 0.2) is 5.69 Å². The van der Waals surface area contributed by atoms with Crippen molar-refractivity contribution in [1.29, 1.82) is 0 Å². The second-order valence-corrected chi connectivity index (χ2v) is 3.57. The van der Waals surface area contributed by atoms with Crippen LogP contribution in [0.15, 0.2) is 21.2 Å². The predicted octanol–water partition coefficient (Wildman–Crippen LogP) is 3.12. The van der Waals surface area contributed by atoms with Crippen molar-refractivity contribution >= 4 is 11.6 Å². The van der Waals surface area contributed by atoms with Crippen molar-refractivity contribution < 1.29 is 9.05 Å². The zero-order valence-electron chi connectivity index (χ0n) is 9.61. The van der Waals surface area contributed by atoms with E-state index in [4.69, 9.17) is 27.2 Å². The Hall–Kier alpha value is -1.80. The molecule has 0 unspecified atom stereocenters. The van der Waals surface area contributed by atoms with E-state index in [1.807, 2.05) is 13.0 Å². The number of hydrogen-bond donors (Lipinski definition) is 0. The number of aromatic nitrogens is 2. The van der Waals surface area contributed by atoms with Gasteiger partial charge in [0, 0.05) is 12.1 Å². The molecule has 2 rings (SSSR count). The molecule has 0 aliphatic heterocycles. The van der Waals surface area contributed by atoms with E-state index in [9.17, 15) is 0 Å². The smallest absolute Gasteiger partial charge is 0.259 e. The zero-order valence-corrected chi connectivity index (χ0v) is 10.4. The summed E-state index contributed by atoms with van der Waals surface area (Å²) in [6.07, 6.45) is 0. The Morgan fingerprint density at radius 1 is 1.18 bits per heavy atom. The maximum absolute atomic E-state index is 6.49. The van der Waals surface area contributed by atoms with Crippen LogP contribution in [0.25, 0.3) is 4.85 Å². The van der Waals surface area contributed by atoms with Crippen LogP contribution >= 0.6 is 11.6 Å². The van der Waals surface area contributed by atoms with Crippen molar-refractivity contribution in [1.82, 2.24) is 10.3 Å². The van der Waals surface area contributed by atoms with Gasteiger partial charge in [-0.2, -0.15) is 0 Å². The van der Waals surface area contributed by atoms with Crippen molar-refractivity contribution in [3.8, 4) is 0 Å². The lowest BCUT2D eigenvalue weighted by atomic mass is 10.4. The second-order valence-electron chi connectivity index (χ2n) is 3.31. The molecule has 0 spiro atoms. The zero-order chi connectivity index (χ0) is 12.7. The summed E-state index contributed by atoms with van der Waals surface area (Å²) in [5, 5.41) is 7.24. The lowest BCUT2D eigenvalue weighted by Crippen LogP contribution is -1.73. The maximum Gasteiger partial charge on any atom is 0.259 e. The molecule has 0 aliphatic rings. The third-order valence-electron chi connectivity index (χ3n) is 1.73. The lowest BCUT2D eigenvalue weighted by molar-refractivity contribution is 0.392. The first-order valence-corrected chi connectivity index (χ1v) is 5.42. The third-order valence-corrected chi connectivity index (χ3v) is 2.01. The topological polar surface area (TPSA) is 56.4 Å². The molecular weight excluding hydrogens is 242 g/mol. The number of alkyl halides is 1. The molecule has 90 valence electrons. The number of halogens is 1. The molecule has 0 N–H and O–H groups in total. The van der Waals surface area contributed by atoms with Gasteiger partial charge in [0.25, 0.3) is 6.54 Å².